The van der Waals surface area contributed by atoms with Crippen LogP contribution in [0.3, 0.4) is 0 Å². The number of anilines is 1. The lowest BCUT2D eigenvalue weighted by molar-refractivity contribution is 0.0385. The largest absolute Gasteiger partial charge is 0.507 e. The van der Waals surface area contributed by atoms with Gasteiger partial charge in [-0.2, -0.15) is 5.26 Å². The van der Waals surface area contributed by atoms with Crippen molar-refractivity contribution >= 4 is 17.2 Å². The molecule has 10 heteroatoms. The molecule has 4 atom stereocenters. The van der Waals surface area contributed by atoms with Gasteiger partial charge in [0.1, 0.15) is 27.9 Å². The van der Waals surface area contributed by atoms with Crippen molar-refractivity contribution < 1.29 is 9.50 Å². The number of thiazole rings is 1. The van der Waals surface area contributed by atoms with E-state index in [0.29, 0.717) is 38.7 Å². The molecule has 2 aliphatic heterocycles. The molecule has 1 aromatic carbocycles. The van der Waals surface area contributed by atoms with Crippen molar-refractivity contribution in [1.29, 1.82) is 5.26 Å². The molecule has 6 rings (SSSR count). The molecule has 0 unspecified atom stereocenters. The Balaban J connectivity index is 1.26. The van der Waals surface area contributed by atoms with Crippen molar-refractivity contribution in [2.24, 2.45) is 0 Å². The Bertz CT molecular complexity index is 1290. The molecule has 3 aliphatic rings. The van der Waals surface area contributed by atoms with E-state index < -0.39 is 11.7 Å². The summed E-state index contributed by atoms with van der Waals surface area (Å²) in [4.78, 5) is 11.4. The van der Waals surface area contributed by atoms with E-state index in [2.05, 4.69) is 36.5 Å². The first-order chi connectivity index (χ1) is 16.9. The first-order valence-corrected chi connectivity index (χ1v) is 12.9. The lowest BCUT2D eigenvalue weighted by Crippen LogP contribution is -2.69. The van der Waals surface area contributed by atoms with Gasteiger partial charge in [0, 0.05) is 23.2 Å². The molecule has 3 fully saturated rings. The summed E-state index contributed by atoms with van der Waals surface area (Å²) in [7, 11) is 0. The molecule has 2 saturated heterocycles. The third kappa shape index (κ3) is 4.02. The Morgan fingerprint density at radius 2 is 2.09 bits per heavy atom. The third-order valence-electron chi connectivity index (χ3n) is 7.47. The first-order valence-electron chi connectivity index (χ1n) is 12.0. The molecule has 35 heavy (non-hydrogen) atoms. The fourth-order valence-corrected chi connectivity index (χ4v) is 6.32. The summed E-state index contributed by atoms with van der Waals surface area (Å²) < 4.78 is 15.8. The smallest absolute Gasteiger partial charge is 0.185 e. The number of rotatable bonds is 5. The molecule has 3 aromatic rings. The van der Waals surface area contributed by atoms with Crippen molar-refractivity contribution in [3.63, 3.8) is 0 Å². The Morgan fingerprint density at radius 3 is 2.77 bits per heavy atom. The number of aromatic hydroxyl groups is 1. The highest BCUT2D eigenvalue weighted by molar-refractivity contribution is 7.15. The van der Waals surface area contributed by atoms with Gasteiger partial charge in [-0.05, 0) is 57.6 Å². The third-order valence-corrected chi connectivity index (χ3v) is 8.42. The van der Waals surface area contributed by atoms with Crippen LogP contribution < -0.4 is 10.2 Å². The van der Waals surface area contributed by atoms with E-state index in [4.69, 9.17) is 5.26 Å². The summed E-state index contributed by atoms with van der Waals surface area (Å²) in [6.45, 7) is 2.01. The number of benzene rings is 1. The highest BCUT2D eigenvalue weighted by Crippen LogP contribution is 2.43. The summed E-state index contributed by atoms with van der Waals surface area (Å²) in [5.74, 6) is 0.902. The van der Waals surface area contributed by atoms with Crippen molar-refractivity contribution in [3.05, 3.63) is 35.5 Å². The number of alkyl halides is 1. The predicted octanol–water partition coefficient (Wildman–Crippen LogP) is 4.22. The first kappa shape index (κ1) is 22.3. The summed E-state index contributed by atoms with van der Waals surface area (Å²) in [5, 5.41) is 32.6. The molecule has 2 bridgehead atoms. The standard InChI is InChI=1S/C25H26FN7OS/c1-25-8-2-3-15(30-25)10-19(22(25)26)33(16-5-6-16)21-13-28-23(32-31-21)18-7-4-14(9-20(18)34)24-29-12-17(11-27)35-24/h4,7,9,12-13,15-16,19,22,30,34H,2-3,5-6,8,10H2,1H3/t15-,19-,22-,25+/m0/s1. The summed E-state index contributed by atoms with van der Waals surface area (Å²) in [6, 6.07) is 7.54. The summed E-state index contributed by atoms with van der Waals surface area (Å²) in [5.41, 5.74) is 0.662. The Hall–Kier alpha value is -3.16. The number of halogens is 1. The lowest BCUT2D eigenvalue weighted by atomic mass is 9.73. The molecule has 1 aliphatic carbocycles. The van der Waals surface area contributed by atoms with Gasteiger partial charge in [0.25, 0.3) is 0 Å². The monoisotopic (exact) mass is 491 g/mol. The predicted molar refractivity (Wildman–Crippen MR) is 131 cm³/mol. The van der Waals surface area contributed by atoms with Gasteiger partial charge in [-0.25, -0.2) is 14.4 Å². The van der Waals surface area contributed by atoms with Crippen LogP contribution in [0.25, 0.3) is 22.0 Å². The van der Waals surface area contributed by atoms with Gasteiger partial charge in [0.05, 0.1) is 24.0 Å². The quantitative estimate of drug-likeness (QED) is 0.546. The molecule has 4 heterocycles. The van der Waals surface area contributed by atoms with Crippen LogP contribution in [0.4, 0.5) is 10.2 Å². The van der Waals surface area contributed by atoms with Crippen LogP contribution in [0.2, 0.25) is 0 Å². The van der Waals surface area contributed by atoms with Crippen LogP contribution in [0, 0.1) is 11.3 Å². The van der Waals surface area contributed by atoms with Crippen LogP contribution in [-0.4, -0.2) is 55.1 Å². The normalized spacial score (nSPS) is 27.9. The van der Waals surface area contributed by atoms with Crippen molar-refractivity contribution in [2.45, 2.75) is 75.3 Å². The molecule has 8 nitrogen and oxygen atoms in total. The van der Waals surface area contributed by atoms with Crippen LogP contribution in [0.5, 0.6) is 5.75 Å². The van der Waals surface area contributed by atoms with Crippen LogP contribution in [-0.2, 0) is 0 Å². The maximum Gasteiger partial charge on any atom is 0.185 e. The van der Waals surface area contributed by atoms with E-state index in [1.54, 1.807) is 18.3 Å². The highest BCUT2D eigenvalue weighted by atomic mass is 32.1. The topological polar surface area (TPSA) is 111 Å². The molecule has 0 amide bonds. The van der Waals surface area contributed by atoms with E-state index in [1.807, 2.05) is 13.0 Å². The summed E-state index contributed by atoms with van der Waals surface area (Å²) in [6.07, 6.45) is 7.95. The molecule has 0 radical (unpaired) electrons. The van der Waals surface area contributed by atoms with Crippen LogP contribution in [0.15, 0.2) is 30.6 Å². The van der Waals surface area contributed by atoms with E-state index in [0.717, 1.165) is 38.5 Å². The van der Waals surface area contributed by atoms with Gasteiger partial charge in [-0.15, -0.1) is 21.5 Å². The maximum absolute atomic E-state index is 15.8. The van der Waals surface area contributed by atoms with Gasteiger partial charge in [0.2, 0.25) is 0 Å². The Labute approximate surface area is 206 Å². The number of nitrogens with one attached hydrogen (secondary N) is 1. The number of nitriles is 1. The zero-order valence-electron chi connectivity index (χ0n) is 19.4. The number of fused-ring (bicyclic) bond motifs is 2. The minimum absolute atomic E-state index is 0.00716. The number of hydrogen-bond donors (Lipinski definition) is 2. The Kier molecular flexibility index (Phi) is 5.42. The van der Waals surface area contributed by atoms with Crippen molar-refractivity contribution in [1.82, 2.24) is 25.5 Å². The molecule has 2 aromatic heterocycles. The average molecular weight is 492 g/mol. The van der Waals surface area contributed by atoms with Gasteiger partial charge < -0.3 is 15.3 Å². The Morgan fingerprint density at radius 1 is 1.23 bits per heavy atom. The fourth-order valence-electron chi connectivity index (χ4n) is 5.62. The van der Waals surface area contributed by atoms with E-state index in [9.17, 15) is 5.11 Å². The number of aromatic nitrogens is 4. The van der Waals surface area contributed by atoms with Gasteiger partial charge >= 0.3 is 0 Å². The van der Waals surface area contributed by atoms with Gasteiger partial charge in [0.15, 0.2) is 11.6 Å². The maximum atomic E-state index is 15.8. The van der Waals surface area contributed by atoms with Crippen molar-refractivity contribution in [2.75, 3.05) is 4.90 Å². The average Bonchev–Trinajstić information content (AvgIpc) is 3.57. The van der Waals surface area contributed by atoms with E-state index in [-0.39, 0.29) is 17.8 Å². The van der Waals surface area contributed by atoms with Crippen molar-refractivity contribution in [3.8, 4) is 33.8 Å². The molecule has 1 saturated carbocycles. The second kappa shape index (κ2) is 8.50. The van der Waals surface area contributed by atoms with Gasteiger partial charge in [-0.3, -0.25) is 0 Å². The van der Waals surface area contributed by atoms with Gasteiger partial charge in [-0.1, -0.05) is 6.07 Å². The molecule has 2 N–H and O–H groups in total. The number of hydrogen-bond acceptors (Lipinski definition) is 9. The number of phenols is 1. The highest BCUT2D eigenvalue weighted by Gasteiger charge is 2.52. The number of phenolic OH excluding ortho intramolecular Hbond substituents is 1. The lowest BCUT2D eigenvalue weighted by Gasteiger charge is -2.52. The second-order valence-corrected chi connectivity index (χ2v) is 11.0. The molecular formula is C25H26FN7OS. The molecule has 0 spiro atoms. The minimum atomic E-state index is -0.995. The van der Waals surface area contributed by atoms with E-state index >= 15 is 4.39 Å². The molecular weight excluding hydrogens is 465 g/mol. The number of piperidine rings is 2. The fraction of sp³-hybridized carbons (Fsp3) is 0.480. The summed E-state index contributed by atoms with van der Waals surface area (Å²) >= 11 is 1.26. The van der Waals surface area contributed by atoms with Crippen LogP contribution in [0.1, 0.15) is 50.3 Å². The van der Waals surface area contributed by atoms with E-state index in [1.165, 1.54) is 17.5 Å². The minimum Gasteiger partial charge on any atom is -0.507 e. The zero-order chi connectivity index (χ0) is 24.2. The van der Waals surface area contributed by atoms with Crippen LogP contribution >= 0.6 is 11.3 Å². The number of nitrogens with zero attached hydrogens (tertiary/aromatic N) is 6. The molecule has 180 valence electrons. The SMILES string of the molecule is C[C@@]12CCC[C@@H](C[C@H](N(c3cnc(-c4ccc(-c5ncc(C#N)s5)cc4O)nn3)C3CC3)[C@@H]1F)N2. The second-order valence-electron chi connectivity index (χ2n) is 10.0. The zero-order valence-corrected chi connectivity index (χ0v) is 20.2.